The van der Waals surface area contributed by atoms with Gasteiger partial charge in [-0.15, -0.1) is 0 Å². The molecule has 0 amide bonds. The number of para-hydroxylation sites is 3. The number of nitrogens with one attached hydrogen (secondary N) is 2. The molecule has 24 heavy (non-hydrogen) atoms. The fraction of sp³-hybridized carbons (Fsp3) is 0.250. The highest BCUT2D eigenvalue weighted by molar-refractivity contribution is 6.00. The molecular formula is C20H20N2O2. The SMILES string of the molecule is COc1ccccc1[C@H]1Nc2ccccc2NC2=C1C(=O)CCC2. The zero-order valence-electron chi connectivity index (χ0n) is 13.6. The van der Waals surface area contributed by atoms with Crippen molar-refractivity contribution in [3.05, 3.63) is 65.4 Å². The molecule has 0 aromatic heterocycles. The average molecular weight is 320 g/mol. The highest BCUT2D eigenvalue weighted by atomic mass is 16.5. The molecule has 0 radical (unpaired) electrons. The smallest absolute Gasteiger partial charge is 0.163 e. The summed E-state index contributed by atoms with van der Waals surface area (Å²) >= 11 is 0. The number of hydrogen-bond acceptors (Lipinski definition) is 4. The molecule has 0 fully saturated rings. The molecule has 2 aromatic rings. The number of carbonyl (C=O) groups excluding carboxylic acids is 1. The van der Waals surface area contributed by atoms with Gasteiger partial charge in [0.05, 0.1) is 24.5 Å². The fourth-order valence-corrected chi connectivity index (χ4v) is 3.57. The molecule has 0 spiro atoms. The summed E-state index contributed by atoms with van der Waals surface area (Å²) in [7, 11) is 1.67. The summed E-state index contributed by atoms with van der Waals surface area (Å²) in [6.07, 6.45) is 2.39. The van der Waals surface area contributed by atoms with Crippen molar-refractivity contribution in [3.63, 3.8) is 0 Å². The van der Waals surface area contributed by atoms with Gasteiger partial charge in [-0.1, -0.05) is 30.3 Å². The number of hydrogen-bond donors (Lipinski definition) is 2. The number of methoxy groups -OCH3 is 1. The lowest BCUT2D eigenvalue weighted by molar-refractivity contribution is -0.116. The molecule has 1 atom stereocenters. The monoisotopic (exact) mass is 320 g/mol. The lowest BCUT2D eigenvalue weighted by Gasteiger charge is -2.26. The molecule has 4 rings (SSSR count). The lowest BCUT2D eigenvalue weighted by atomic mass is 9.86. The minimum atomic E-state index is -0.208. The number of anilines is 2. The first-order valence-corrected chi connectivity index (χ1v) is 8.29. The van der Waals surface area contributed by atoms with Crippen LogP contribution in [0.5, 0.6) is 5.75 Å². The van der Waals surface area contributed by atoms with E-state index in [2.05, 4.69) is 10.6 Å². The number of Topliss-reactive ketones (excluding diaryl/α,β-unsaturated/α-hetero) is 1. The fourth-order valence-electron chi connectivity index (χ4n) is 3.57. The van der Waals surface area contributed by atoms with E-state index in [9.17, 15) is 4.79 Å². The molecule has 2 aliphatic rings. The average Bonchev–Trinajstić information content (AvgIpc) is 2.79. The molecule has 1 heterocycles. The van der Waals surface area contributed by atoms with Crippen LogP contribution >= 0.6 is 0 Å². The number of allylic oxidation sites excluding steroid dienone is 1. The van der Waals surface area contributed by atoms with Gasteiger partial charge < -0.3 is 15.4 Å². The second kappa shape index (κ2) is 6.04. The van der Waals surface area contributed by atoms with E-state index in [0.717, 1.165) is 46.8 Å². The van der Waals surface area contributed by atoms with Gasteiger partial charge in [-0.3, -0.25) is 4.79 Å². The molecule has 1 aliphatic heterocycles. The predicted molar refractivity (Wildman–Crippen MR) is 95.3 cm³/mol. The largest absolute Gasteiger partial charge is 0.496 e. The van der Waals surface area contributed by atoms with Crippen molar-refractivity contribution in [1.29, 1.82) is 0 Å². The third-order valence-corrected chi connectivity index (χ3v) is 4.71. The van der Waals surface area contributed by atoms with Gasteiger partial charge in [0.1, 0.15) is 5.75 Å². The molecule has 1 aliphatic carbocycles. The number of ketones is 1. The Morgan fingerprint density at radius 1 is 1.00 bits per heavy atom. The molecule has 4 nitrogen and oxygen atoms in total. The maximum absolute atomic E-state index is 12.7. The summed E-state index contributed by atoms with van der Waals surface area (Å²) in [4.78, 5) is 12.7. The van der Waals surface area contributed by atoms with Crippen LogP contribution in [0, 0.1) is 0 Å². The third-order valence-electron chi connectivity index (χ3n) is 4.71. The highest BCUT2D eigenvalue weighted by Gasteiger charge is 2.33. The van der Waals surface area contributed by atoms with Crippen LogP contribution in [0.3, 0.4) is 0 Å². The summed E-state index contributed by atoms with van der Waals surface area (Å²) in [5.74, 6) is 1.000. The van der Waals surface area contributed by atoms with Crippen molar-refractivity contribution in [3.8, 4) is 5.75 Å². The van der Waals surface area contributed by atoms with Crippen molar-refractivity contribution < 1.29 is 9.53 Å². The van der Waals surface area contributed by atoms with Crippen molar-refractivity contribution >= 4 is 17.2 Å². The van der Waals surface area contributed by atoms with Crippen molar-refractivity contribution in [2.45, 2.75) is 25.3 Å². The highest BCUT2D eigenvalue weighted by Crippen LogP contribution is 2.42. The van der Waals surface area contributed by atoms with Gasteiger partial charge in [-0.2, -0.15) is 0 Å². The molecule has 0 saturated heterocycles. The van der Waals surface area contributed by atoms with Gasteiger partial charge in [0.25, 0.3) is 0 Å². The van der Waals surface area contributed by atoms with Crippen molar-refractivity contribution in [2.75, 3.05) is 17.7 Å². The molecule has 122 valence electrons. The second-order valence-electron chi connectivity index (χ2n) is 6.16. The number of rotatable bonds is 2. The Balaban J connectivity index is 1.90. The second-order valence-corrected chi connectivity index (χ2v) is 6.16. The Bertz CT molecular complexity index is 826. The predicted octanol–water partition coefficient (Wildman–Crippen LogP) is 4.28. The van der Waals surface area contributed by atoms with E-state index in [1.165, 1.54) is 0 Å². The number of carbonyl (C=O) groups is 1. The maximum Gasteiger partial charge on any atom is 0.163 e. The lowest BCUT2D eigenvalue weighted by Crippen LogP contribution is -2.23. The van der Waals surface area contributed by atoms with E-state index >= 15 is 0 Å². The first-order valence-electron chi connectivity index (χ1n) is 8.29. The van der Waals surface area contributed by atoms with Crippen LogP contribution in [0.2, 0.25) is 0 Å². The summed E-state index contributed by atoms with van der Waals surface area (Å²) in [5.41, 5.74) is 4.86. The van der Waals surface area contributed by atoms with Gasteiger partial charge in [0, 0.05) is 23.3 Å². The molecule has 4 heteroatoms. The molecule has 2 aromatic carbocycles. The Labute approximate surface area is 141 Å². The Hall–Kier alpha value is -2.75. The van der Waals surface area contributed by atoms with E-state index in [1.54, 1.807) is 7.11 Å². The van der Waals surface area contributed by atoms with Crippen LogP contribution in [0.25, 0.3) is 0 Å². The first kappa shape index (κ1) is 14.8. The van der Waals surface area contributed by atoms with E-state index < -0.39 is 0 Å². The van der Waals surface area contributed by atoms with Gasteiger partial charge >= 0.3 is 0 Å². The van der Waals surface area contributed by atoms with Crippen LogP contribution in [-0.4, -0.2) is 12.9 Å². The molecule has 0 bridgehead atoms. The summed E-state index contributed by atoms with van der Waals surface area (Å²) < 4.78 is 5.55. The number of benzene rings is 2. The maximum atomic E-state index is 12.7. The molecular weight excluding hydrogens is 300 g/mol. The van der Waals surface area contributed by atoms with Crippen LogP contribution in [0.4, 0.5) is 11.4 Å². The number of fused-ring (bicyclic) bond motifs is 1. The normalized spacial score (nSPS) is 19.5. The summed E-state index contributed by atoms with van der Waals surface area (Å²) in [6, 6.07) is 15.8. The Morgan fingerprint density at radius 2 is 1.75 bits per heavy atom. The van der Waals surface area contributed by atoms with E-state index in [0.29, 0.717) is 6.42 Å². The topological polar surface area (TPSA) is 50.4 Å². The van der Waals surface area contributed by atoms with Gasteiger partial charge in [0.2, 0.25) is 0 Å². The molecule has 0 unspecified atom stereocenters. The summed E-state index contributed by atoms with van der Waals surface area (Å²) in [6.45, 7) is 0. The minimum absolute atomic E-state index is 0.208. The van der Waals surface area contributed by atoms with Crippen LogP contribution in [-0.2, 0) is 4.79 Å². The van der Waals surface area contributed by atoms with E-state index in [1.807, 2.05) is 48.5 Å². The van der Waals surface area contributed by atoms with E-state index in [-0.39, 0.29) is 11.8 Å². The van der Waals surface area contributed by atoms with Crippen LogP contribution in [0.1, 0.15) is 30.9 Å². The third kappa shape index (κ3) is 2.44. The van der Waals surface area contributed by atoms with Gasteiger partial charge in [-0.25, -0.2) is 0 Å². The summed E-state index contributed by atoms with van der Waals surface area (Å²) in [5, 5.41) is 7.04. The van der Waals surface area contributed by atoms with Crippen LogP contribution in [0.15, 0.2) is 59.8 Å². The van der Waals surface area contributed by atoms with E-state index in [4.69, 9.17) is 4.74 Å². The molecule has 2 N–H and O–H groups in total. The minimum Gasteiger partial charge on any atom is -0.496 e. The van der Waals surface area contributed by atoms with Crippen molar-refractivity contribution in [2.24, 2.45) is 0 Å². The number of ether oxygens (including phenoxy) is 1. The quantitative estimate of drug-likeness (QED) is 0.867. The van der Waals surface area contributed by atoms with Gasteiger partial charge in [-0.05, 0) is 31.0 Å². The Morgan fingerprint density at radius 3 is 2.58 bits per heavy atom. The zero-order chi connectivity index (χ0) is 16.5. The molecule has 0 saturated carbocycles. The Kier molecular flexibility index (Phi) is 3.73. The zero-order valence-corrected chi connectivity index (χ0v) is 13.6. The first-order chi connectivity index (χ1) is 11.8. The van der Waals surface area contributed by atoms with Crippen LogP contribution < -0.4 is 15.4 Å². The van der Waals surface area contributed by atoms with Gasteiger partial charge in [0.15, 0.2) is 5.78 Å². The standard InChI is InChI=1S/C20H20N2O2/c1-24-18-12-5-2-7-13(18)20-19-16(10-6-11-17(19)23)21-14-8-3-4-9-15(14)22-20/h2-5,7-9,12,20-22H,6,10-11H2,1H3/t20-/m1/s1. The van der Waals surface area contributed by atoms with Crippen molar-refractivity contribution in [1.82, 2.24) is 0 Å².